The smallest absolute Gasteiger partial charge is 0.250 e. The average molecular weight is 443 g/mol. The molecule has 2 aromatic rings. The minimum absolute atomic E-state index is 0.0546. The second kappa shape index (κ2) is 9.76. The summed E-state index contributed by atoms with van der Waals surface area (Å²) in [6.07, 6.45) is 3.30. The van der Waals surface area contributed by atoms with Crippen molar-refractivity contribution in [3.63, 3.8) is 0 Å². The van der Waals surface area contributed by atoms with Gasteiger partial charge in [-0.25, -0.2) is 0 Å². The van der Waals surface area contributed by atoms with E-state index in [0.29, 0.717) is 6.42 Å². The highest BCUT2D eigenvalue weighted by Gasteiger charge is 2.39. The van der Waals surface area contributed by atoms with E-state index in [1.54, 1.807) is 7.11 Å². The van der Waals surface area contributed by atoms with Crippen molar-refractivity contribution in [2.75, 3.05) is 7.11 Å². The fourth-order valence-corrected chi connectivity index (χ4v) is 4.76. The summed E-state index contributed by atoms with van der Waals surface area (Å²) in [5.41, 5.74) is 2.09. The van der Waals surface area contributed by atoms with Gasteiger partial charge in [-0.1, -0.05) is 45.0 Å². The monoisotopic (exact) mass is 442 g/mol. The first-order chi connectivity index (χ1) is 14.6. The lowest BCUT2D eigenvalue weighted by Gasteiger charge is -2.36. The van der Waals surface area contributed by atoms with Gasteiger partial charge in [0.1, 0.15) is 11.5 Å². The molecule has 1 saturated heterocycles. The van der Waals surface area contributed by atoms with E-state index in [1.807, 2.05) is 36.4 Å². The van der Waals surface area contributed by atoms with Crippen LogP contribution in [0.2, 0.25) is 18.1 Å². The molecule has 1 aliphatic rings. The largest absolute Gasteiger partial charge is 0.544 e. The first-order valence-electron chi connectivity index (χ1n) is 11.4. The highest BCUT2D eigenvalue weighted by molar-refractivity contribution is 6.74. The van der Waals surface area contributed by atoms with Crippen LogP contribution in [0.15, 0.2) is 48.5 Å². The number of benzene rings is 2. The SMILES string of the molecule is COc1ccc([C@H]2CCC[C@@H](CC(O)c3ccc(O[Si](C)(C)C(C)(C)C)cc3)O2)cc1. The maximum Gasteiger partial charge on any atom is 0.250 e. The lowest BCUT2D eigenvalue weighted by molar-refractivity contribution is -0.0709. The Balaban J connectivity index is 1.58. The van der Waals surface area contributed by atoms with Gasteiger partial charge in [0.05, 0.1) is 25.4 Å². The molecule has 2 aromatic carbocycles. The topological polar surface area (TPSA) is 47.9 Å². The molecule has 0 spiro atoms. The zero-order chi connectivity index (χ0) is 22.6. The molecular weight excluding hydrogens is 404 g/mol. The molecule has 1 heterocycles. The molecule has 31 heavy (non-hydrogen) atoms. The Labute approximate surface area is 188 Å². The molecule has 1 aliphatic heterocycles. The van der Waals surface area contributed by atoms with E-state index in [2.05, 4.69) is 46.0 Å². The van der Waals surface area contributed by atoms with E-state index in [0.717, 1.165) is 36.3 Å². The Morgan fingerprint density at radius 3 is 2.19 bits per heavy atom. The third-order valence-electron chi connectivity index (χ3n) is 6.77. The van der Waals surface area contributed by atoms with Crippen molar-refractivity contribution in [3.8, 4) is 11.5 Å². The van der Waals surface area contributed by atoms with Crippen LogP contribution in [0, 0.1) is 0 Å². The minimum Gasteiger partial charge on any atom is -0.544 e. The molecule has 170 valence electrons. The van der Waals surface area contributed by atoms with Gasteiger partial charge in [0.2, 0.25) is 8.32 Å². The standard InChI is InChI=1S/C26H38O4Si/c1-26(2,3)31(5,6)30-22-16-10-19(11-17-22)24(27)18-23-8-7-9-25(29-23)20-12-14-21(28-4)15-13-20/h10-17,23-25,27H,7-9,18H2,1-6H3/t23-,24?,25+/m0/s1. The molecule has 3 atom stereocenters. The highest BCUT2D eigenvalue weighted by atomic mass is 28.4. The molecule has 1 fully saturated rings. The summed E-state index contributed by atoms with van der Waals surface area (Å²) in [6, 6.07) is 16.0. The first-order valence-corrected chi connectivity index (χ1v) is 14.3. The number of hydrogen-bond acceptors (Lipinski definition) is 4. The van der Waals surface area contributed by atoms with E-state index < -0.39 is 14.4 Å². The lowest BCUT2D eigenvalue weighted by atomic mass is 9.94. The van der Waals surface area contributed by atoms with Crippen LogP contribution in [0.3, 0.4) is 0 Å². The normalized spacial score (nSPS) is 20.9. The fraction of sp³-hybridized carbons (Fsp3) is 0.538. The molecule has 4 nitrogen and oxygen atoms in total. The molecular formula is C26H38O4Si. The summed E-state index contributed by atoms with van der Waals surface area (Å²) in [5, 5.41) is 11.0. The van der Waals surface area contributed by atoms with Crippen molar-refractivity contribution in [1.29, 1.82) is 0 Å². The van der Waals surface area contributed by atoms with Crippen LogP contribution in [-0.2, 0) is 4.74 Å². The van der Waals surface area contributed by atoms with E-state index in [-0.39, 0.29) is 17.2 Å². The molecule has 0 radical (unpaired) electrons. The lowest BCUT2D eigenvalue weighted by Crippen LogP contribution is -2.43. The molecule has 0 aliphatic carbocycles. The Morgan fingerprint density at radius 2 is 1.61 bits per heavy atom. The van der Waals surface area contributed by atoms with Crippen molar-refractivity contribution in [3.05, 3.63) is 59.7 Å². The van der Waals surface area contributed by atoms with Crippen LogP contribution in [0.25, 0.3) is 0 Å². The van der Waals surface area contributed by atoms with Crippen molar-refractivity contribution < 1.29 is 19.0 Å². The maximum absolute atomic E-state index is 10.8. The number of rotatable bonds is 7. The van der Waals surface area contributed by atoms with E-state index in [9.17, 15) is 5.11 Å². The second-order valence-corrected chi connectivity index (χ2v) is 14.9. The van der Waals surface area contributed by atoms with Crippen molar-refractivity contribution in [2.45, 2.75) is 82.9 Å². The summed E-state index contributed by atoms with van der Waals surface area (Å²) < 4.78 is 17.9. The Bertz CT molecular complexity index is 824. The summed E-state index contributed by atoms with van der Waals surface area (Å²) >= 11 is 0. The van der Waals surface area contributed by atoms with Crippen LogP contribution >= 0.6 is 0 Å². The van der Waals surface area contributed by atoms with Crippen LogP contribution in [0.5, 0.6) is 11.5 Å². The molecule has 0 amide bonds. The number of ether oxygens (including phenoxy) is 2. The number of aliphatic hydroxyl groups is 1. The van der Waals surface area contributed by atoms with Crippen LogP contribution in [0.4, 0.5) is 0 Å². The van der Waals surface area contributed by atoms with Crippen LogP contribution < -0.4 is 9.16 Å². The molecule has 3 rings (SSSR count). The van der Waals surface area contributed by atoms with E-state index in [1.165, 1.54) is 5.56 Å². The third kappa shape index (κ3) is 6.12. The predicted molar refractivity (Wildman–Crippen MR) is 128 cm³/mol. The van der Waals surface area contributed by atoms with Crippen molar-refractivity contribution >= 4 is 8.32 Å². The van der Waals surface area contributed by atoms with E-state index >= 15 is 0 Å². The number of methoxy groups -OCH3 is 1. The van der Waals surface area contributed by atoms with Gasteiger partial charge >= 0.3 is 0 Å². The predicted octanol–water partition coefficient (Wildman–Crippen LogP) is 6.81. The summed E-state index contributed by atoms with van der Waals surface area (Å²) in [7, 11) is -0.186. The Morgan fingerprint density at radius 1 is 1.00 bits per heavy atom. The van der Waals surface area contributed by atoms with Crippen LogP contribution in [-0.4, -0.2) is 26.6 Å². The molecule has 0 saturated carbocycles. The van der Waals surface area contributed by atoms with Gasteiger partial charge < -0.3 is 19.0 Å². The van der Waals surface area contributed by atoms with Gasteiger partial charge in [-0.2, -0.15) is 0 Å². The summed E-state index contributed by atoms with van der Waals surface area (Å²) in [4.78, 5) is 0. The minimum atomic E-state index is -1.86. The molecule has 0 bridgehead atoms. The highest BCUT2D eigenvalue weighted by Crippen LogP contribution is 2.38. The molecule has 1 unspecified atom stereocenters. The molecule has 5 heteroatoms. The Kier molecular flexibility index (Phi) is 7.50. The third-order valence-corrected chi connectivity index (χ3v) is 11.1. The van der Waals surface area contributed by atoms with Gasteiger partial charge in [0, 0.05) is 6.42 Å². The Hall–Kier alpha value is -1.82. The average Bonchev–Trinajstić information content (AvgIpc) is 2.73. The number of aliphatic hydroxyl groups excluding tert-OH is 1. The maximum atomic E-state index is 10.8. The number of hydrogen-bond donors (Lipinski definition) is 1. The quantitative estimate of drug-likeness (QED) is 0.478. The van der Waals surface area contributed by atoms with Crippen molar-refractivity contribution in [1.82, 2.24) is 0 Å². The first kappa shape index (κ1) is 23.8. The van der Waals surface area contributed by atoms with E-state index in [4.69, 9.17) is 13.9 Å². The van der Waals surface area contributed by atoms with Gasteiger partial charge in [-0.05, 0) is 72.8 Å². The fourth-order valence-electron chi connectivity index (χ4n) is 3.73. The second-order valence-electron chi connectivity index (χ2n) is 10.1. The van der Waals surface area contributed by atoms with Crippen LogP contribution in [0.1, 0.15) is 69.8 Å². The van der Waals surface area contributed by atoms with Gasteiger partial charge in [-0.15, -0.1) is 0 Å². The zero-order valence-corrected chi connectivity index (χ0v) is 20.9. The molecule has 0 aromatic heterocycles. The van der Waals surface area contributed by atoms with Crippen molar-refractivity contribution in [2.24, 2.45) is 0 Å². The summed E-state index contributed by atoms with van der Waals surface area (Å²) in [6.45, 7) is 11.2. The van der Waals surface area contributed by atoms with Gasteiger partial charge in [-0.3, -0.25) is 0 Å². The van der Waals surface area contributed by atoms with Gasteiger partial charge in [0.25, 0.3) is 0 Å². The zero-order valence-electron chi connectivity index (χ0n) is 19.9. The summed E-state index contributed by atoms with van der Waals surface area (Å²) in [5.74, 6) is 1.74. The molecule has 1 N–H and O–H groups in total. The van der Waals surface area contributed by atoms with Gasteiger partial charge in [0.15, 0.2) is 0 Å².